The van der Waals surface area contributed by atoms with Gasteiger partial charge in [0.25, 0.3) is 0 Å². The average molecular weight is 459 g/mol. The number of fused-ring (bicyclic) bond motifs is 2. The van der Waals surface area contributed by atoms with Crippen LogP contribution in [0.25, 0.3) is 0 Å². The summed E-state index contributed by atoms with van der Waals surface area (Å²) < 4.78 is 11.0. The van der Waals surface area contributed by atoms with E-state index in [2.05, 4.69) is 17.2 Å². The summed E-state index contributed by atoms with van der Waals surface area (Å²) in [7, 11) is 1.61. The van der Waals surface area contributed by atoms with Gasteiger partial charge in [0.1, 0.15) is 18.3 Å². The molecular weight excluding hydrogens is 424 g/mol. The third kappa shape index (κ3) is 6.69. The molecule has 0 aliphatic carbocycles. The molecule has 0 bridgehead atoms. The quantitative estimate of drug-likeness (QED) is 0.382. The van der Waals surface area contributed by atoms with Crippen LogP contribution in [-0.4, -0.2) is 66.4 Å². The van der Waals surface area contributed by atoms with Gasteiger partial charge in [-0.1, -0.05) is 26.2 Å². The number of carbonyl (C=O) groups is 3. The predicted octanol–water partition coefficient (Wildman–Crippen LogP) is 2.75. The number of rotatable bonds is 12. The third-order valence-corrected chi connectivity index (χ3v) is 5.83. The van der Waals surface area contributed by atoms with Crippen LogP contribution in [0, 0.1) is 0 Å². The lowest BCUT2D eigenvalue weighted by atomic mass is 10.1. The van der Waals surface area contributed by atoms with Crippen molar-refractivity contribution in [1.82, 2.24) is 15.1 Å². The second-order valence-electron chi connectivity index (χ2n) is 8.50. The molecule has 2 aliphatic heterocycles. The summed E-state index contributed by atoms with van der Waals surface area (Å²) in [6.45, 7) is 5.33. The van der Waals surface area contributed by atoms with Crippen molar-refractivity contribution in [3.8, 4) is 5.75 Å². The number of ether oxygens (including phenoxy) is 2. The highest BCUT2D eigenvalue weighted by molar-refractivity contribution is 6.07. The second-order valence-corrected chi connectivity index (χ2v) is 8.50. The van der Waals surface area contributed by atoms with Gasteiger partial charge in [0.15, 0.2) is 0 Å². The molecule has 1 fully saturated rings. The smallest absolute Gasteiger partial charge is 0.325 e. The van der Waals surface area contributed by atoms with Gasteiger partial charge < -0.3 is 19.3 Å². The molecular formula is C24H34N4O5. The van der Waals surface area contributed by atoms with Gasteiger partial charge in [0.2, 0.25) is 17.8 Å². The summed E-state index contributed by atoms with van der Waals surface area (Å²) in [6, 6.07) is 5.39. The number of guanidine groups is 1. The minimum Gasteiger partial charge on any atom is -0.494 e. The van der Waals surface area contributed by atoms with Crippen molar-refractivity contribution in [2.45, 2.75) is 65.0 Å². The first-order valence-electron chi connectivity index (χ1n) is 11.7. The maximum Gasteiger partial charge on any atom is 0.325 e. The molecule has 180 valence electrons. The van der Waals surface area contributed by atoms with E-state index in [1.54, 1.807) is 7.05 Å². The first-order chi connectivity index (χ1) is 15.9. The number of unbranched alkanes of at least 4 members (excludes halogenated alkanes) is 3. The van der Waals surface area contributed by atoms with E-state index < -0.39 is 0 Å². The Morgan fingerprint density at radius 2 is 2.03 bits per heavy atom. The van der Waals surface area contributed by atoms with Gasteiger partial charge in [0, 0.05) is 25.6 Å². The highest BCUT2D eigenvalue weighted by Gasteiger charge is 2.35. The summed E-state index contributed by atoms with van der Waals surface area (Å²) in [4.78, 5) is 43.8. The second kappa shape index (κ2) is 11.7. The van der Waals surface area contributed by atoms with Gasteiger partial charge in [0.05, 0.1) is 18.9 Å². The normalized spacial score (nSPS) is 16.5. The maximum atomic E-state index is 12.3. The van der Waals surface area contributed by atoms with Crippen molar-refractivity contribution in [3.05, 3.63) is 23.8 Å². The highest BCUT2D eigenvalue weighted by atomic mass is 16.5. The molecule has 0 saturated carbocycles. The number of carbonyl (C=O) groups excluding carboxylic acids is 3. The zero-order valence-electron chi connectivity index (χ0n) is 19.8. The minimum absolute atomic E-state index is 0.0346. The van der Waals surface area contributed by atoms with Crippen molar-refractivity contribution in [2.75, 3.05) is 26.8 Å². The van der Waals surface area contributed by atoms with Gasteiger partial charge in [-0.2, -0.15) is 0 Å². The van der Waals surface area contributed by atoms with Gasteiger partial charge in [-0.05, 0) is 38.0 Å². The lowest BCUT2D eigenvalue weighted by Gasteiger charge is -2.26. The Morgan fingerprint density at radius 3 is 2.82 bits per heavy atom. The monoisotopic (exact) mass is 458 g/mol. The lowest BCUT2D eigenvalue weighted by molar-refractivity contribution is -0.148. The fourth-order valence-electron chi connectivity index (χ4n) is 3.75. The molecule has 33 heavy (non-hydrogen) atoms. The molecule has 0 aromatic heterocycles. The number of nitrogens with zero attached hydrogens (tertiary/aromatic N) is 3. The highest BCUT2D eigenvalue weighted by Crippen LogP contribution is 2.31. The fraction of sp³-hybridized carbons (Fsp3) is 0.583. The molecule has 2 heterocycles. The molecule has 0 radical (unpaired) electrons. The van der Waals surface area contributed by atoms with Crippen molar-refractivity contribution in [2.24, 2.45) is 4.99 Å². The summed E-state index contributed by atoms with van der Waals surface area (Å²) in [6.07, 6.45) is 5.00. The van der Waals surface area contributed by atoms with Crippen LogP contribution in [0.15, 0.2) is 23.2 Å². The Labute approximate surface area is 195 Å². The summed E-state index contributed by atoms with van der Waals surface area (Å²) in [5.41, 5.74) is 1.81. The molecule has 1 aromatic rings. The van der Waals surface area contributed by atoms with Crippen LogP contribution in [0.5, 0.6) is 5.75 Å². The van der Waals surface area contributed by atoms with E-state index in [4.69, 9.17) is 9.47 Å². The van der Waals surface area contributed by atoms with Gasteiger partial charge in [-0.3, -0.25) is 19.7 Å². The topological polar surface area (TPSA) is 101 Å². The summed E-state index contributed by atoms with van der Waals surface area (Å²) in [5.74, 6) is 0.757. The first kappa shape index (κ1) is 24.5. The molecule has 2 amide bonds. The first-order valence-corrected chi connectivity index (χ1v) is 11.7. The Balaban J connectivity index is 1.36. The Morgan fingerprint density at radius 1 is 1.21 bits per heavy atom. The summed E-state index contributed by atoms with van der Waals surface area (Å²) >= 11 is 0. The van der Waals surface area contributed by atoms with E-state index in [-0.39, 0.29) is 36.8 Å². The van der Waals surface area contributed by atoms with Crippen LogP contribution < -0.4 is 10.1 Å². The van der Waals surface area contributed by atoms with Crippen LogP contribution in [-0.2, 0) is 25.7 Å². The largest absolute Gasteiger partial charge is 0.494 e. The zero-order valence-corrected chi connectivity index (χ0v) is 19.8. The lowest BCUT2D eigenvalue weighted by Crippen LogP contribution is -2.35. The van der Waals surface area contributed by atoms with Crippen molar-refractivity contribution in [3.63, 3.8) is 0 Å². The van der Waals surface area contributed by atoms with Crippen LogP contribution in [0.3, 0.4) is 0 Å². The summed E-state index contributed by atoms with van der Waals surface area (Å²) in [5, 5.41) is 2.79. The van der Waals surface area contributed by atoms with E-state index in [0.717, 1.165) is 36.9 Å². The maximum absolute atomic E-state index is 12.3. The minimum atomic E-state index is -0.373. The van der Waals surface area contributed by atoms with Crippen molar-refractivity contribution >= 4 is 29.4 Å². The van der Waals surface area contributed by atoms with Crippen LogP contribution >= 0.6 is 0 Å². The number of benzene rings is 1. The Bertz CT molecular complexity index is 901. The van der Waals surface area contributed by atoms with Crippen LogP contribution in [0.2, 0.25) is 0 Å². The van der Waals surface area contributed by atoms with Gasteiger partial charge in [-0.15, -0.1) is 0 Å². The van der Waals surface area contributed by atoms with Crippen LogP contribution in [0.4, 0.5) is 5.69 Å². The van der Waals surface area contributed by atoms with Crippen molar-refractivity contribution < 1.29 is 23.9 Å². The Hall–Kier alpha value is -3.10. The van der Waals surface area contributed by atoms with E-state index in [1.807, 2.05) is 30.0 Å². The third-order valence-electron chi connectivity index (χ3n) is 5.83. The number of esters is 1. The molecule has 1 unspecified atom stereocenters. The number of amides is 2. The number of aliphatic imine (C=N–C) groups is 1. The fourth-order valence-corrected chi connectivity index (χ4v) is 3.75. The molecule has 9 nitrogen and oxygen atoms in total. The molecule has 3 rings (SSSR count). The SMILES string of the molecule is CCCCCCOC(=O)CN(C)C(=O)CCCOc1ccc2c(c1)CN1C(=N2)NC(=O)C1C. The molecule has 1 N–H and O–H groups in total. The molecule has 0 spiro atoms. The van der Waals surface area contributed by atoms with E-state index in [0.29, 0.717) is 37.9 Å². The van der Waals surface area contributed by atoms with E-state index in [1.165, 1.54) is 4.90 Å². The van der Waals surface area contributed by atoms with Gasteiger partial charge in [-0.25, -0.2) is 4.99 Å². The molecule has 1 atom stereocenters. The van der Waals surface area contributed by atoms with Gasteiger partial charge >= 0.3 is 5.97 Å². The number of likely N-dealkylation sites (N-methyl/N-ethyl adjacent to an activating group) is 1. The van der Waals surface area contributed by atoms with E-state index >= 15 is 0 Å². The number of hydrogen-bond donors (Lipinski definition) is 1. The van der Waals surface area contributed by atoms with Crippen LogP contribution in [0.1, 0.15) is 57.9 Å². The van der Waals surface area contributed by atoms with E-state index in [9.17, 15) is 14.4 Å². The molecule has 2 aliphatic rings. The zero-order chi connectivity index (χ0) is 23.8. The average Bonchev–Trinajstić information content (AvgIpc) is 3.07. The standard InChI is InChI=1S/C24H34N4O5/c1-4-5-6-7-12-33-22(30)16-27(3)21(29)9-8-13-32-19-10-11-20-18(14-19)15-28-17(2)23(31)26-24(28)25-20/h10-11,14,17H,4-9,12-13,15-16H2,1-3H3,(H,25,26,31). The Kier molecular flexibility index (Phi) is 8.68. The predicted molar refractivity (Wildman–Crippen MR) is 124 cm³/mol. The number of hydrogen-bond acceptors (Lipinski definition) is 7. The number of nitrogens with one attached hydrogen (secondary N) is 1. The molecule has 1 aromatic carbocycles. The van der Waals surface area contributed by atoms with Crippen molar-refractivity contribution in [1.29, 1.82) is 0 Å². The molecule has 1 saturated heterocycles. The molecule has 9 heteroatoms.